The molecule has 0 aromatic heterocycles. The quantitative estimate of drug-likeness (QED) is 0.797. The molecule has 0 spiro atoms. The maximum Gasteiger partial charge on any atom is 0.314 e. The lowest BCUT2D eigenvalue weighted by atomic mass is 10.0. The third-order valence-electron chi connectivity index (χ3n) is 3.26. The summed E-state index contributed by atoms with van der Waals surface area (Å²) in [6, 6.07) is 16.9. The van der Waals surface area contributed by atoms with Gasteiger partial charge >= 0.3 is 5.97 Å². The second kappa shape index (κ2) is 7.18. The van der Waals surface area contributed by atoms with Gasteiger partial charge in [0.1, 0.15) is 0 Å². The Kier molecular flexibility index (Phi) is 5.28. The second-order valence-electron chi connectivity index (χ2n) is 4.82. The van der Waals surface area contributed by atoms with Gasteiger partial charge in [-0.25, -0.2) is 0 Å². The van der Waals surface area contributed by atoms with Crippen molar-refractivity contribution in [1.82, 2.24) is 0 Å². The van der Waals surface area contributed by atoms with Gasteiger partial charge in [-0.2, -0.15) is 0 Å². The summed E-state index contributed by atoms with van der Waals surface area (Å²) in [5, 5.41) is 0. The Morgan fingerprint density at radius 2 is 1.86 bits per heavy atom. The molecule has 0 bridgehead atoms. The fourth-order valence-electron chi connectivity index (χ4n) is 2.13. The van der Waals surface area contributed by atoms with Crippen molar-refractivity contribution in [1.29, 1.82) is 0 Å². The van der Waals surface area contributed by atoms with E-state index in [4.69, 9.17) is 4.74 Å². The molecule has 21 heavy (non-hydrogen) atoms. The monoisotopic (exact) mass is 302 g/mol. The van der Waals surface area contributed by atoms with Crippen molar-refractivity contribution in [3.8, 4) is 0 Å². The van der Waals surface area contributed by atoms with Crippen LogP contribution < -0.4 is 0 Å². The van der Waals surface area contributed by atoms with Crippen molar-refractivity contribution in [2.45, 2.75) is 17.7 Å². The first kappa shape index (κ1) is 15.4. The van der Waals surface area contributed by atoms with Gasteiger partial charge in [-0.1, -0.05) is 42.5 Å². The van der Waals surface area contributed by atoms with Gasteiger partial charge in [-0.3, -0.25) is 9.00 Å². The zero-order chi connectivity index (χ0) is 15.2. The minimum absolute atomic E-state index is 0.222. The smallest absolute Gasteiger partial charge is 0.314 e. The number of rotatable bonds is 5. The highest BCUT2D eigenvalue weighted by Gasteiger charge is 2.24. The minimum Gasteiger partial charge on any atom is -0.469 e. The summed E-state index contributed by atoms with van der Waals surface area (Å²) in [7, 11) is 0.108. The number of methoxy groups -OCH3 is 1. The van der Waals surface area contributed by atoms with Gasteiger partial charge in [0.05, 0.1) is 23.8 Å². The van der Waals surface area contributed by atoms with Crippen molar-refractivity contribution in [3.63, 3.8) is 0 Å². The molecule has 2 atom stereocenters. The van der Waals surface area contributed by atoms with E-state index in [0.29, 0.717) is 0 Å². The molecule has 2 rings (SSSR count). The predicted molar refractivity (Wildman–Crippen MR) is 83.7 cm³/mol. The summed E-state index contributed by atoms with van der Waals surface area (Å²) in [5.41, 5.74) is 1.88. The molecule has 2 aromatic carbocycles. The lowest BCUT2D eigenvalue weighted by Gasteiger charge is -2.15. The van der Waals surface area contributed by atoms with E-state index in [2.05, 4.69) is 0 Å². The van der Waals surface area contributed by atoms with Crippen molar-refractivity contribution in [2.75, 3.05) is 12.9 Å². The zero-order valence-corrected chi connectivity index (χ0v) is 12.9. The number of aryl methyl sites for hydroxylation is 1. The normalized spacial score (nSPS) is 13.4. The van der Waals surface area contributed by atoms with E-state index in [1.807, 2.05) is 61.5 Å². The summed E-state index contributed by atoms with van der Waals surface area (Å²) in [5.74, 6) is -0.653. The number of ether oxygens (including phenoxy) is 1. The average Bonchev–Trinajstić information content (AvgIpc) is 2.52. The Morgan fingerprint density at radius 1 is 1.14 bits per heavy atom. The molecule has 0 saturated heterocycles. The van der Waals surface area contributed by atoms with Crippen molar-refractivity contribution in [2.24, 2.45) is 0 Å². The first-order chi connectivity index (χ1) is 10.1. The van der Waals surface area contributed by atoms with E-state index in [-0.39, 0.29) is 11.7 Å². The van der Waals surface area contributed by atoms with Gasteiger partial charge < -0.3 is 4.74 Å². The fourth-order valence-corrected chi connectivity index (χ4v) is 3.50. The van der Waals surface area contributed by atoms with Crippen LogP contribution in [0, 0.1) is 6.92 Å². The summed E-state index contributed by atoms with van der Waals surface area (Å²) < 4.78 is 17.4. The van der Waals surface area contributed by atoms with Crippen LogP contribution >= 0.6 is 0 Å². The summed E-state index contributed by atoms with van der Waals surface area (Å²) in [6.45, 7) is 1.95. The number of hydrogen-bond acceptors (Lipinski definition) is 3. The number of hydrogen-bond donors (Lipinski definition) is 0. The van der Waals surface area contributed by atoms with Crippen LogP contribution in [0.5, 0.6) is 0 Å². The molecule has 0 aliphatic heterocycles. The molecule has 0 amide bonds. The molecular formula is C17H18O3S. The van der Waals surface area contributed by atoms with Crippen LogP contribution in [-0.2, 0) is 20.3 Å². The van der Waals surface area contributed by atoms with Crippen molar-refractivity contribution < 1.29 is 13.7 Å². The maximum absolute atomic E-state index is 12.5. The second-order valence-corrected chi connectivity index (χ2v) is 6.31. The van der Waals surface area contributed by atoms with E-state index in [9.17, 15) is 9.00 Å². The van der Waals surface area contributed by atoms with Crippen LogP contribution in [0.2, 0.25) is 0 Å². The molecule has 4 heteroatoms. The van der Waals surface area contributed by atoms with Crippen LogP contribution in [0.15, 0.2) is 59.5 Å². The molecule has 0 radical (unpaired) electrons. The molecule has 0 saturated carbocycles. The highest BCUT2D eigenvalue weighted by Crippen LogP contribution is 2.21. The van der Waals surface area contributed by atoms with E-state index >= 15 is 0 Å². The summed E-state index contributed by atoms with van der Waals surface area (Å²) in [6.07, 6.45) is 0. The molecular weight excluding hydrogens is 284 g/mol. The Hall–Kier alpha value is -1.94. The van der Waals surface area contributed by atoms with Crippen molar-refractivity contribution >= 4 is 16.8 Å². The molecule has 0 N–H and O–H groups in total. The lowest BCUT2D eigenvalue weighted by molar-refractivity contribution is -0.141. The fraction of sp³-hybridized carbons (Fsp3) is 0.235. The third kappa shape index (κ3) is 4.02. The highest BCUT2D eigenvalue weighted by molar-refractivity contribution is 7.85. The number of esters is 1. The highest BCUT2D eigenvalue weighted by atomic mass is 32.2. The molecule has 110 valence electrons. The maximum atomic E-state index is 12.5. The number of carbonyl (C=O) groups is 1. The molecule has 0 aliphatic rings. The van der Waals surface area contributed by atoms with Crippen LogP contribution in [0.25, 0.3) is 0 Å². The number of carbonyl (C=O) groups excluding carboxylic acids is 1. The molecule has 3 nitrogen and oxygen atoms in total. The van der Waals surface area contributed by atoms with Gasteiger partial charge in [0.2, 0.25) is 0 Å². The standard InChI is InChI=1S/C17H18O3S/c1-13-7-6-10-15(11-13)21(19)12-16(17(18)20-2)14-8-4-3-5-9-14/h3-11,16H,12H2,1-2H3. The molecule has 0 aliphatic carbocycles. The first-order valence-corrected chi connectivity index (χ1v) is 8.01. The van der Waals surface area contributed by atoms with Gasteiger partial charge in [-0.05, 0) is 30.2 Å². The van der Waals surface area contributed by atoms with E-state index in [0.717, 1.165) is 16.0 Å². The lowest BCUT2D eigenvalue weighted by Crippen LogP contribution is -2.20. The summed E-state index contributed by atoms with van der Waals surface area (Å²) in [4.78, 5) is 12.7. The van der Waals surface area contributed by atoms with Crippen LogP contribution in [0.4, 0.5) is 0 Å². The number of benzene rings is 2. The topological polar surface area (TPSA) is 43.4 Å². The minimum atomic E-state index is -1.25. The molecule has 0 fully saturated rings. The molecule has 2 aromatic rings. The van der Waals surface area contributed by atoms with E-state index < -0.39 is 16.7 Å². The van der Waals surface area contributed by atoms with E-state index in [1.54, 1.807) is 0 Å². The van der Waals surface area contributed by atoms with Gasteiger partial charge in [0.25, 0.3) is 0 Å². The Balaban J connectivity index is 2.23. The van der Waals surface area contributed by atoms with Crippen molar-refractivity contribution in [3.05, 3.63) is 65.7 Å². The van der Waals surface area contributed by atoms with Gasteiger partial charge in [0.15, 0.2) is 0 Å². The molecule has 0 heterocycles. The predicted octanol–water partition coefficient (Wildman–Crippen LogP) is 3.06. The summed E-state index contributed by atoms with van der Waals surface area (Å²) >= 11 is 0. The van der Waals surface area contributed by atoms with Crippen LogP contribution in [0.3, 0.4) is 0 Å². The van der Waals surface area contributed by atoms with Gasteiger partial charge in [0, 0.05) is 10.6 Å². The largest absolute Gasteiger partial charge is 0.469 e. The van der Waals surface area contributed by atoms with Crippen LogP contribution in [0.1, 0.15) is 17.0 Å². The zero-order valence-electron chi connectivity index (χ0n) is 12.1. The SMILES string of the molecule is COC(=O)C(CS(=O)c1cccc(C)c1)c1ccccc1. The Bertz CT molecular complexity index is 637. The average molecular weight is 302 g/mol. The Morgan fingerprint density at radius 3 is 2.48 bits per heavy atom. The Labute approximate surface area is 127 Å². The van der Waals surface area contributed by atoms with Crippen LogP contribution in [-0.4, -0.2) is 23.0 Å². The third-order valence-corrected chi connectivity index (χ3v) is 4.67. The van der Waals surface area contributed by atoms with E-state index in [1.165, 1.54) is 7.11 Å². The van der Waals surface area contributed by atoms with Gasteiger partial charge in [-0.15, -0.1) is 0 Å². The molecule has 2 unspecified atom stereocenters. The first-order valence-electron chi connectivity index (χ1n) is 6.69.